The third-order valence-electron chi connectivity index (χ3n) is 3.85. The van der Waals surface area contributed by atoms with E-state index in [-0.39, 0.29) is 41.4 Å². The molecule has 0 aliphatic heterocycles. The first kappa shape index (κ1) is 20.0. The third-order valence-corrected chi connectivity index (χ3v) is 4.65. The highest BCUT2D eigenvalue weighted by Gasteiger charge is 2.18. The smallest absolute Gasteiger partial charge is 0.277 e. The van der Waals surface area contributed by atoms with Gasteiger partial charge in [-0.1, -0.05) is 36.0 Å². The summed E-state index contributed by atoms with van der Waals surface area (Å²) in [5, 5.41) is 27.7. The molecular formula is C19H15N5O4S. The van der Waals surface area contributed by atoms with Gasteiger partial charge < -0.3 is 9.32 Å². The number of hydrogen-bond acceptors (Lipinski definition) is 8. The maximum Gasteiger partial charge on any atom is 0.277 e. The van der Waals surface area contributed by atoms with Crippen molar-refractivity contribution in [1.82, 2.24) is 10.2 Å². The standard InChI is InChI=1S/C19H15N5O4S/c20-10-5-11-23(15-7-2-1-3-8-15)17(25)13-29-19-22-21-18(28-19)14-6-4-9-16(12-14)24(26)27/h1-4,6-9,12H,5,11,13H2. The van der Waals surface area contributed by atoms with Crippen molar-refractivity contribution in [2.24, 2.45) is 0 Å². The lowest BCUT2D eigenvalue weighted by Gasteiger charge is -2.21. The number of para-hydroxylation sites is 1. The van der Waals surface area contributed by atoms with E-state index >= 15 is 0 Å². The Labute approximate surface area is 170 Å². The van der Waals surface area contributed by atoms with Crippen molar-refractivity contribution in [3.63, 3.8) is 0 Å². The van der Waals surface area contributed by atoms with E-state index in [4.69, 9.17) is 9.68 Å². The van der Waals surface area contributed by atoms with Crippen LogP contribution in [0.5, 0.6) is 0 Å². The maximum atomic E-state index is 12.7. The molecule has 1 amide bonds. The number of rotatable bonds is 8. The average Bonchev–Trinajstić information content (AvgIpc) is 3.22. The zero-order valence-electron chi connectivity index (χ0n) is 15.1. The van der Waals surface area contributed by atoms with E-state index in [9.17, 15) is 14.9 Å². The zero-order chi connectivity index (χ0) is 20.6. The Kier molecular flexibility index (Phi) is 6.55. The van der Waals surface area contributed by atoms with Crippen molar-refractivity contribution >= 4 is 29.0 Å². The molecule has 0 N–H and O–H groups in total. The fourth-order valence-electron chi connectivity index (χ4n) is 2.51. The Morgan fingerprint density at radius 1 is 1.21 bits per heavy atom. The molecule has 146 valence electrons. The van der Waals surface area contributed by atoms with Crippen LogP contribution in [0.25, 0.3) is 11.5 Å². The first-order valence-electron chi connectivity index (χ1n) is 8.52. The van der Waals surface area contributed by atoms with Crippen molar-refractivity contribution in [2.75, 3.05) is 17.2 Å². The number of anilines is 1. The Morgan fingerprint density at radius 2 is 2.00 bits per heavy atom. The molecule has 3 rings (SSSR count). The number of nitro groups is 1. The molecule has 0 unspecified atom stereocenters. The van der Waals surface area contributed by atoms with E-state index in [0.29, 0.717) is 11.3 Å². The molecule has 0 saturated carbocycles. The minimum absolute atomic E-state index is 0.0386. The number of amides is 1. The molecule has 3 aromatic rings. The lowest BCUT2D eigenvalue weighted by molar-refractivity contribution is -0.384. The minimum Gasteiger partial charge on any atom is -0.411 e. The molecule has 0 fully saturated rings. The molecule has 1 aromatic heterocycles. The Balaban J connectivity index is 1.68. The highest BCUT2D eigenvalue weighted by molar-refractivity contribution is 7.99. The number of aromatic nitrogens is 2. The number of benzene rings is 2. The molecule has 0 atom stereocenters. The van der Waals surface area contributed by atoms with Crippen molar-refractivity contribution in [3.05, 3.63) is 64.7 Å². The van der Waals surface area contributed by atoms with E-state index in [0.717, 1.165) is 11.8 Å². The molecule has 1 heterocycles. The molecular weight excluding hydrogens is 394 g/mol. The van der Waals surface area contributed by atoms with Gasteiger partial charge in [0.2, 0.25) is 11.8 Å². The van der Waals surface area contributed by atoms with Gasteiger partial charge in [0.25, 0.3) is 10.9 Å². The van der Waals surface area contributed by atoms with Crippen LogP contribution in [0.3, 0.4) is 0 Å². The topological polar surface area (TPSA) is 126 Å². The molecule has 0 aliphatic carbocycles. The molecule has 2 aromatic carbocycles. The lowest BCUT2D eigenvalue weighted by atomic mass is 10.2. The van der Waals surface area contributed by atoms with Gasteiger partial charge in [-0.15, -0.1) is 10.2 Å². The average molecular weight is 409 g/mol. The molecule has 9 nitrogen and oxygen atoms in total. The summed E-state index contributed by atoms with van der Waals surface area (Å²) in [5.74, 6) is -0.0312. The summed E-state index contributed by atoms with van der Waals surface area (Å²) in [6, 6.07) is 17.0. The van der Waals surface area contributed by atoms with Gasteiger partial charge in [-0.25, -0.2) is 0 Å². The van der Waals surface area contributed by atoms with Crippen LogP contribution < -0.4 is 4.90 Å². The van der Waals surface area contributed by atoms with E-state index in [1.165, 1.54) is 23.1 Å². The maximum absolute atomic E-state index is 12.7. The number of carbonyl (C=O) groups is 1. The number of nitriles is 1. The van der Waals surface area contributed by atoms with Crippen LogP contribution in [0, 0.1) is 21.4 Å². The highest BCUT2D eigenvalue weighted by Crippen LogP contribution is 2.26. The number of nitrogens with zero attached hydrogens (tertiary/aromatic N) is 5. The molecule has 0 spiro atoms. The number of hydrogen-bond donors (Lipinski definition) is 0. The molecule has 0 radical (unpaired) electrons. The normalized spacial score (nSPS) is 10.3. The van der Waals surface area contributed by atoms with E-state index in [1.807, 2.05) is 24.3 Å². The van der Waals surface area contributed by atoms with Crippen LogP contribution in [0.2, 0.25) is 0 Å². The Hall–Kier alpha value is -3.71. The highest BCUT2D eigenvalue weighted by atomic mass is 32.2. The van der Waals surface area contributed by atoms with Gasteiger partial charge in [0, 0.05) is 29.9 Å². The van der Waals surface area contributed by atoms with Gasteiger partial charge in [0.15, 0.2) is 0 Å². The fourth-order valence-corrected chi connectivity index (χ4v) is 3.15. The monoisotopic (exact) mass is 409 g/mol. The number of nitro benzene ring substituents is 1. The summed E-state index contributed by atoms with van der Waals surface area (Å²) in [4.78, 5) is 24.6. The van der Waals surface area contributed by atoms with Crippen molar-refractivity contribution < 1.29 is 14.1 Å². The van der Waals surface area contributed by atoms with E-state index in [1.54, 1.807) is 18.2 Å². The van der Waals surface area contributed by atoms with Crippen LogP contribution in [-0.4, -0.2) is 33.3 Å². The molecule has 0 aliphatic rings. The van der Waals surface area contributed by atoms with Crippen molar-refractivity contribution in [3.8, 4) is 17.5 Å². The predicted octanol–water partition coefficient (Wildman–Crippen LogP) is 3.68. The first-order valence-corrected chi connectivity index (χ1v) is 9.50. The van der Waals surface area contributed by atoms with Crippen LogP contribution in [0.1, 0.15) is 6.42 Å². The van der Waals surface area contributed by atoms with Gasteiger partial charge in [-0.3, -0.25) is 14.9 Å². The summed E-state index contributed by atoms with van der Waals surface area (Å²) in [6.07, 6.45) is 0.211. The van der Waals surface area contributed by atoms with Crippen molar-refractivity contribution in [2.45, 2.75) is 11.6 Å². The second-order valence-corrected chi connectivity index (χ2v) is 6.68. The number of non-ortho nitro benzene ring substituents is 1. The Morgan fingerprint density at radius 3 is 2.72 bits per heavy atom. The predicted molar refractivity (Wildman–Crippen MR) is 106 cm³/mol. The largest absolute Gasteiger partial charge is 0.411 e. The summed E-state index contributed by atoms with van der Waals surface area (Å²) in [6.45, 7) is 0.280. The third kappa shape index (κ3) is 5.18. The minimum atomic E-state index is -0.506. The summed E-state index contributed by atoms with van der Waals surface area (Å²) in [7, 11) is 0. The first-order chi connectivity index (χ1) is 14.1. The van der Waals surface area contributed by atoms with Gasteiger partial charge in [-0.2, -0.15) is 5.26 Å². The van der Waals surface area contributed by atoms with Gasteiger partial charge in [0.05, 0.1) is 23.2 Å². The fraction of sp³-hybridized carbons (Fsp3) is 0.158. The van der Waals surface area contributed by atoms with E-state index in [2.05, 4.69) is 10.2 Å². The molecule has 29 heavy (non-hydrogen) atoms. The Bertz CT molecular complexity index is 1050. The number of carbonyl (C=O) groups excluding carboxylic acids is 1. The molecule has 0 saturated heterocycles. The van der Waals surface area contributed by atoms with Gasteiger partial charge >= 0.3 is 0 Å². The summed E-state index contributed by atoms with van der Waals surface area (Å²) >= 11 is 1.06. The summed E-state index contributed by atoms with van der Waals surface area (Å²) in [5.41, 5.74) is 1.04. The molecule has 0 bridgehead atoms. The lowest BCUT2D eigenvalue weighted by Crippen LogP contribution is -2.33. The summed E-state index contributed by atoms with van der Waals surface area (Å²) < 4.78 is 5.52. The second kappa shape index (κ2) is 9.48. The van der Waals surface area contributed by atoms with Crippen LogP contribution >= 0.6 is 11.8 Å². The molecule has 10 heteroatoms. The van der Waals surface area contributed by atoms with E-state index < -0.39 is 4.92 Å². The van der Waals surface area contributed by atoms with Gasteiger partial charge in [-0.05, 0) is 18.2 Å². The van der Waals surface area contributed by atoms with Crippen LogP contribution in [0.15, 0.2) is 64.2 Å². The zero-order valence-corrected chi connectivity index (χ0v) is 15.9. The second-order valence-electron chi connectivity index (χ2n) is 5.76. The SMILES string of the molecule is N#CCCN(C(=O)CSc1nnc(-c2cccc([N+](=O)[O-])c2)o1)c1ccccc1. The van der Waals surface area contributed by atoms with Crippen LogP contribution in [0.4, 0.5) is 11.4 Å². The number of thioether (sulfide) groups is 1. The van der Waals surface area contributed by atoms with Gasteiger partial charge in [0.1, 0.15) is 0 Å². The van der Waals surface area contributed by atoms with Crippen molar-refractivity contribution in [1.29, 1.82) is 5.26 Å². The van der Waals surface area contributed by atoms with Crippen LogP contribution in [-0.2, 0) is 4.79 Å². The quantitative estimate of drug-likeness (QED) is 0.313.